The molecule has 0 aromatic carbocycles. The van der Waals surface area contributed by atoms with Gasteiger partial charge < -0.3 is 9.63 Å². The number of hydrogen-bond donors (Lipinski definition) is 1. The summed E-state index contributed by atoms with van der Waals surface area (Å²) in [5.74, 6) is -0.303. The summed E-state index contributed by atoms with van der Waals surface area (Å²) in [7, 11) is 0. The standard InChI is InChI=1S/C15H25NO3/c1-3-5-7-9-12-13(10-8-6-4-2)16-19-14(12)11-15(17)18/h3-11H2,1-2H3,(H,17,18). The summed E-state index contributed by atoms with van der Waals surface area (Å²) in [6.45, 7) is 4.33. The molecule has 1 aromatic rings. The fraction of sp³-hybridized carbons (Fsp3) is 0.733. The van der Waals surface area contributed by atoms with Crippen LogP contribution in [0.15, 0.2) is 4.52 Å². The quantitative estimate of drug-likeness (QED) is 0.655. The van der Waals surface area contributed by atoms with Crippen molar-refractivity contribution in [3.8, 4) is 0 Å². The number of unbranched alkanes of at least 4 members (excludes halogenated alkanes) is 4. The van der Waals surface area contributed by atoms with Crippen LogP contribution in [0.5, 0.6) is 0 Å². The van der Waals surface area contributed by atoms with Crippen LogP contribution in [-0.4, -0.2) is 16.2 Å². The van der Waals surface area contributed by atoms with Crippen molar-refractivity contribution < 1.29 is 14.4 Å². The molecule has 0 radical (unpaired) electrons. The summed E-state index contributed by atoms with van der Waals surface area (Å²) in [6, 6.07) is 0. The molecule has 0 aliphatic carbocycles. The lowest BCUT2D eigenvalue weighted by atomic mass is 10.0. The third-order valence-electron chi connectivity index (χ3n) is 3.31. The fourth-order valence-corrected chi connectivity index (χ4v) is 2.23. The van der Waals surface area contributed by atoms with Gasteiger partial charge in [-0.1, -0.05) is 44.7 Å². The number of carboxylic acids is 1. The second-order valence-electron chi connectivity index (χ2n) is 5.02. The van der Waals surface area contributed by atoms with E-state index < -0.39 is 5.97 Å². The van der Waals surface area contributed by atoms with E-state index in [0.29, 0.717) is 5.76 Å². The zero-order valence-electron chi connectivity index (χ0n) is 12.1. The van der Waals surface area contributed by atoms with Gasteiger partial charge in [-0.25, -0.2) is 0 Å². The van der Waals surface area contributed by atoms with Crippen molar-refractivity contribution in [3.63, 3.8) is 0 Å². The Balaban J connectivity index is 2.71. The van der Waals surface area contributed by atoms with E-state index in [4.69, 9.17) is 9.63 Å². The van der Waals surface area contributed by atoms with Crippen molar-refractivity contribution in [2.24, 2.45) is 0 Å². The summed E-state index contributed by atoms with van der Waals surface area (Å²) in [5.41, 5.74) is 2.02. The third-order valence-corrected chi connectivity index (χ3v) is 3.31. The van der Waals surface area contributed by atoms with Crippen LogP contribution >= 0.6 is 0 Å². The summed E-state index contributed by atoms with van der Waals surface area (Å²) in [4.78, 5) is 10.8. The van der Waals surface area contributed by atoms with Gasteiger partial charge in [0, 0.05) is 5.56 Å². The number of carboxylic acid groups (broad SMARTS) is 1. The molecular weight excluding hydrogens is 242 g/mol. The molecular formula is C15H25NO3. The molecule has 4 nitrogen and oxygen atoms in total. The average Bonchev–Trinajstić information content (AvgIpc) is 2.72. The van der Waals surface area contributed by atoms with Crippen molar-refractivity contribution >= 4 is 5.97 Å². The van der Waals surface area contributed by atoms with Gasteiger partial charge >= 0.3 is 5.97 Å². The summed E-state index contributed by atoms with van der Waals surface area (Å²) < 4.78 is 5.24. The first-order valence-corrected chi connectivity index (χ1v) is 7.37. The topological polar surface area (TPSA) is 63.3 Å². The highest BCUT2D eigenvalue weighted by molar-refractivity contribution is 5.69. The SMILES string of the molecule is CCCCCc1noc(CC(=O)O)c1CCCCC. The molecule has 0 bridgehead atoms. The minimum Gasteiger partial charge on any atom is -0.481 e. The summed E-state index contributed by atoms with van der Waals surface area (Å²) in [5, 5.41) is 13.0. The molecule has 0 aliphatic rings. The van der Waals surface area contributed by atoms with Gasteiger partial charge in [0.2, 0.25) is 0 Å². The highest BCUT2D eigenvalue weighted by Gasteiger charge is 2.17. The molecule has 1 N–H and O–H groups in total. The van der Waals surface area contributed by atoms with Crippen molar-refractivity contribution in [3.05, 3.63) is 17.0 Å². The van der Waals surface area contributed by atoms with E-state index in [-0.39, 0.29) is 6.42 Å². The smallest absolute Gasteiger partial charge is 0.311 e. The molecule has 1 heterocycles. The van der Waals surface area contributed by atoms with Gasteiger partial charge in [-0.15, -0.1) is 0 Å². The molecule has 0 saturated carbocycles. The van der Waals surface area contributed by atoms with E-state index in [1.807, 2.05) is 0 Å². The predicted octanol–water partition coefficient (Wildman–Crippen LogP) is 3.77. The first-order valence-electron chi connectivity index (χ1n) is 7.37. The Morgan fingerprint density at radius 2 is 1.74 bits per heavy atom. The van der Waals surface area contributed by atoms with Gasteiger partial charge in [-0.2, -0.15) is 0 Å². The monoisotopic (exact) mass is 267 g/mol. The maximum Gasteiger partial charge on any atom is 0.311 e. The number of rotatable bonds is 10. The Labute approximate surface area is 115 Å². The summed E-state index contributed by atoms with van der Waals surface area (Å²) in [6.07, 6.45) is 8.57. The molecule has 0 aliphatic heterocycles. The molecule has 1 rings (SSSR count). The largest absolute Gasteiger partial charge is 0.481 e. The fourth-order valence-electron chi connectivity index (χ4n) is 2.23. The maximum atomic E-state index is 10.8. The zero-order valence-corrected chi connectivity index (χ0v) is 12.1. The molecule has 0 fully saturated rings. The van der Waals surface area contributed by atoms with Crippen LogP contribution < -0.4 is 0 Å². The van der Waals surface area contributed by atoms with Gasteiger partial charge in [0.25, 0.3) is 0 Å². The number of aryl methyl sites for hydroxylation is 1. The van der Waals surface area contributed by atoms with E-state index in [1.54, 1.807) is 0 Å². The lowest BCUT2D eigenvalue weighted by Gasteiger charge is -2.03. The van der Waals surface area contributed by atoms with Crippen LogP contribution in [0.2, 0.25) is 0 Å². The van der Waals surface area contributed by atoms with Crippen LogP contribution in [0.3, 0.4) is 0 Å². The number of carbonyl (C=O) groups is 1. The lowest BCUT2D eigenvalue weighted by Crippen LogP contribution is -2.03. The van der Waals surface area contributed by atoms with Crippen LogP contribution in [-0.2, 0) is 24.1 Å². The van der Waals surface area contributed by atoms with E-state index >= 15 is 0 Å². The molecule has 0 saturated heterocycles. The van der Waals surface area contributed by atoms with Crippen molar-refractivity contribution in [2.45, 2.75) is 71.6 Å². The van der Waals surface area contributed by atoms with Crippen molar-refractivity contribution in [1.29, 1.82) is 0 Å². The molecule has 19 heavy (non-hydrogen) atoms. The summed E-state index contributed by atoms with van der Waals surface area (Å²) >= 11 is 0. The van der Waals surface area contributed by atoms with Crippen LogP contribution in [0.4, 0.5) is 0 Å². The normalized spacial score (nSPS) is 10.8. The van der Waals surface area contributed by atoms with E-state index in [2.05, 4.69) is 19.0 Å². The Hall–Kier alpha value is -1.32. The van der Waals surface area contributed by atoms with Crippen LogP contribution in [0, 0.1) is 0 Å². The first-order chi connectivity index (χ1) is 9.19. The second kappa shape index (κ2) is 8.73. The van der Waals surface area contributed by atoms with Crippen LogP contribution in [0.1, 0.15) is 69.4 Å². The van der Waals surface area contributed by atoms with Gasteiger partial charge in [0.15, 0.2) is 5.76 Å². The first kappa shape index (κ1) is 15.7. The Morgan fingerprint density at radius 1 is 1.11 bits per heavy atom. The number of hydrogen-bond acceptors (Lipinski definition) is 3. The van der Waals surface area contributed by atoms with E-state index in [9.17, 15) is 4.79 Å². The molecule has 108 valence electrons. The number of aromatic nitrogens is 1. The minimum absolute atomic E-state index is 0.0533. The molecule has 0 unspecified atom stereocenters. The molecule has 0 spiro atoms. The highest BCUT2D eigenvalue weighted by Crippen LogP contribution is 2.20. The van der Waals surface area contributed by atoms with Gasteiger partial charge in [0.05, 0.1) is 5.69 Å². The third kappa shape index (κ3) is 5.45. The predicted molar refractivity (Wildman–Crippen MR) is 74.3 cm³/mol. The second-order valence-corrected chi connectivity index (χ2v) is 5.02. The Kier molecular flexibility index (Phi) is 7.23. The number of nitrogens with zero attached hydrogens (tertiary/aromatic N) is 1. The van der Waals surface area contributed by atoms with Crippen molar-refractivity contribution in [2.75, 3.05) is 0 Å². The highest BCUT2D eigenvalue weighted by atomic mass is 16.5. The van der Waals surface area contributed by atoms with Gasteiger partial charge in [-0.3, -0.25) is 4.79 Å². The van der Waals surface area contributed by atoms with Gasteiger partial charge in [0.1, 0.15) is 6.42 Å². The minimum atomic E-state index is -0.854. The van der Waals surface area contributed by atoms with Crippen LogP contribution in [0.25, 0.3) is 0 Å². The average molecular weight is 267 g/mol. The molecule has 4 heteroatoms. The lowest BCUT2D eigenvalue weighted by molar-refractivity contribution is -0.136. The van der Waals surface area contributed by atoms with Crippen molar-refractivity contribution in [1.82, 2.24) is 5.16 Å². The van der Waals surface area contributed by atoms with E-state index in [1.165, 1.54) is 12.8 Å². The van der Waals surface area contributed by atoms with E-state index in [0.717, 1.165) is 49.8 Å². The molecule has 1 aromatic heterocycles. The molecule has 0 atom stereocenters. The Bertz CT molecular complexity index is 385. The Morgan fingerprint density at radius 3 is 2.32 bits per heavy atom. The molecule has 0 amide bonds. The maximum absolute atomic E-state index is 10.8. The number of aliphatic carboxylic acids is 1. The van der Waals surface area contributed by atoms with Gasteiger partial charge in [-0.05, 0) is 25.7 Å². The zero-order chi connectivity index (χ0) is 14.1.